The molecule has 248 valence electrons. The van der Waals surface area contributed by atoms with E-state index >= 15 is 0 Å². The molecule has 2 saturated carbocycles. The van der Waals surface area contributed by atoms with Gasteiger partial charge in [-0.05, 0) is 129 Å². The highest BCUT2D eigenvalue weighted by Crippen LogP contribution is 2.59. The molecule has 0 saturated heterocycles. The molecule has 0 amide bonds. The van der Waals surface area contributed by atoms with Crippen LogP contribution in [0.2, 0.25) is 0 Å². The molecule has 0 spiro atoms. The third-order valence-electron chi connectivity index (χ3n) is 12.5. The van der Waals surface area contributed by atoms with Crippen molar-refractivity contribution in [3.63, 3.8) is 0 Å². The fraction of sp³-hybridized carbons (Fsp3) is 0.200. The van der Waals surface area contributed by atoms with E-state index in [1.54, 1.807) is 5.56 Å². The maximum Gasteiger partial charge on any atom is 0.0546 e. The van der Waals surface area contributed by atoms with Crippen molar-refractivity contribution in [1.82, 2.24) is 0 Å². The van der Waals surface area contributed by atoms with Crippen LogP contribution in [0.5, 0.6) is 0 Å². The lowest BCUT2D eigenvalue weighted by atomic mass is 9.78. The van der Waals surface area contributed by atoms with Crippen molar-refractivity contribution in [3.8, 4) is 33.4 Å². The van der Waals surface area contributed by atoms with Gasteiger partial charge in [-0.3, -0.25) is 0 Å². The highest BCUT2D eigenvalue weighted by molar-refractivity contribution is 5.99. The number of nitrogens with zero attached hydrogens (tertiary/aromatic N) is 1. The van der Waals surface area contributed by atoms with Gasteiger partial charge in [0.1, 0.15) is 0 Å². The van der Waals surface area contributed by atoms with Gasteiger partial charge in [-0.15, -0.1) is 0 Å². The quantitative estimate of drug-likeness (QED) is 0.172. The molecule has 2 fully saturated rings. The predicted molar refractivity (Wildman–Crippen MR) is 215 cm³/mol. The first-order valence-electron chi connectivity index (χ1n) is 18.8. The van der Waals surface area contributed by atoms with Crippen LogP contribution in [0.1, 0.15) is 62.1 Å². The zero-order valence-corrected chi connectivity index (χ0v) is 29.5. The van der Waals surface area contributed by atoms with E-state index in [9.17, 15) is 0 Å². The SMILES string of the molecule is CC1(C)c2cc(N(c3ccc(-c4ccccc4)cc3)c3cc4ccccc4cc3-c3ccccc3)ccc2-c2c(C3CC4CCC3C4)cccc21. The van der Waals surface area contributed by atoms with Crippen molar-refractivity contribution in [2.24, 2.45) is 11.8 Å². The van der Waals surface area contributed by atoms with Gasteiger partial charge >= 0.3 is 0 Å². The van der Waals surface area contributed by atoms with E-state index in [1.165, 1.54) is 92.3 Å². The number of anilines is 3. The Bertz CT molecular complexity index is 2400. The molecular weight excluding hydrogens is 615 g/mol. The molecule has 0 aromatic heterocycles. The molecule has 3 aliphatic rings. The molecule has 2 bridgehead atoms. The van der Waals surface area contributed by atoms with E-state index in [0.717, 1.165) is 17.5 Å². The van der Waals surface area contributed by atoms with Crippen molar-refractivity contribution < 1.29 is 0 Å². The van der Waals surface area contributed by atoms with Gasteiger partial charge in [0, 0.05) is 22.4 Å². The Hall–Kier alpha value is -5.40. The predicted octanol–water partition coefficient (Wildman–Crippen LogP) is 13.9. The normalized spacial score (nSPS) is 19.6. The van der Waals surface area contributed by atoms with Crippen molar-refractivity contribution in [2.75, 3.05) is 4.90 Å². The van der Waals surface area contributed by atoms with E-state index in [0.29, 0.717) is 5.92 Å². The summed E-state index contributed by atoms with van der Waals surface area (Å²) in [6.07, 6.45) is 5.63. The second-order valence-corrected chi connectivity index (χ2v) is 15.7. The van der Waals surface area contributed by atoms with Crippen LogP contribution in [0, 0.1) is 11.8 Å². The van der Waals surface area contributed by atoms with E-state index in [4.69, 9.17) is 0 Å². The summed E-state index contributed by atoms with van der Waals surface area (Å²) in [5.41, 5.74) is 15.8. The first-order chi connectivity index (χ1) is 25.0. The lowest BCUT2D eigenvalue weighted by Crippen LogP contribution is -2.17. The highest BCUT2D eigenvalue weighted by Gasteiger charge is 2.44. The first kappa shape index (κ1) is 30.4. The zero-order chi connectivity index (χ0) is 34.1. The van der Waals surface area contributed by atoms with Crippen LogP contribution < -0.4 is 4.90 Å². The summed E-state index contributed by atoms with van der Waals surface area (Å²) in [5, 5.41) is 2.49. The fourth-order valence-electron chi connectivity index (χ4n) is 10.0. The Kier molecular flexibility index (Phi) is 7.07. The number of rotatable bonds is 6. The minimum Gasteiger partial charge on any atom is -0.310 e. The first-order valence-corrected chi connectivity index (χ1v) is 18.8. The number of hydrogen-bond acceptors (Lipinski definition) is 1. The molecule has 0 radical (unpaired) electrons. The van der Waals surface area contributed by atoms with E-state index in [2.05, 4.69) is 176 Å². The van der Waals surface area contributed by atoms with Gasteiger partial charge in [0.2, 0.25) is 0 Å². The van der Waals surface area contributed by atoms with Crippen LogP contribution in [0.4, 0.5) is 17.1 Å². The van der Waals surface area contributed by atoms with Crippen LogP contribution >= 0.6 is 0 Å². The second-order valence-electron chi connectivity index (χ2n) is 15.7. The third kappa shape index (κ3) is 4.97. The van der Waals surface area contributed by atoms with Crippen LogP contribution in [0.15, 0.2) is 158 Å². The summed E-state index contributed by atoms with van der Waals surface area (Å²) < 4.78 is 0. The second kappa shape index (κ2) is 11.8. The molecule has 10 rings (SSSR count). The van der Waals surface area contributed by atoms with Crippen LogP contribution in [0.3, 0.4) is 0 Å². The van der Waals surface area contributed by atoms with Crippen LogP contribution in [-0.4, -0.2) is 0 Å². The number of fused-ring (bicyclic) bond motifs is 6. The Balaban J connectivity index is 1.17. The molecule has 51 heavy (non-hydrogen) atoms. The van der Waals surface area contributed by atoms with Gasteiger partial charge in [0.05, 0.1) is 5.69 Å². The van der Waals surface area contributed by atoms with E-state index in [1.807, 2.05) is 0 Å². The summed E-state index contributed by atoms with van der Waals surface area (Å²) >= 11 is 0. The minimum atomic E-state index is -0.0945. The van der Waals surface area contributed by atoms with Crippen molar-refractivity contribution >= 4 is 27.8 Å². The summed E-state index contributed by atoms with van der Waals surface area (Å²) in [7, 11) is 0. The Morgan fingerprint density at radius 1 is 0.510 bits per heavy atom. The highest BCUT2D eigenvalue weighted by atomic mass is 15.1. The summed E-state index contributed by atoms with van der Waals surface area (Å²) in [4.78, 5) is 2.50. The van der Waals surface area contributed by atoms with Gasteiger partial charge in [-0.1, -0.05) is 142 Å². The molecule has 3 unspecified atom stereocenters. The Labute approximate surface area is 302 Å². The molecule has 1 nitrogen and oxygen atoms in total. The molecule has 3 aliphatic carbocycles. The molecule has 7 aromatic carbocycles. The molecule has 1 heteroatoms. The lowest BCUT2D eigenvalue weighted by Gasteiger charge is -2.30. The maximum absolute atomic E-state index is 2.51. The summed E-state index contributed by atoms with van der Waals surface area (Å²) in [6.45, 7) is 4.88. The monoisotopic (exact) mass is 657 g/mol. The van der Waals surface area contributed by atoms with Crippen molar-refractivity contribution in [1.29, 1.82) is 0 Å². The van der Waals surface area contributed by atoms with Gasteiger partial charge in [0.25, 0.3) is 0 Å². The lowest BCUT2D eigenvalue weighted by molar-refractivity contribution is 0.420. The van der Waals surface area contributed by atoms with E-state index in [-0.39, 0.29) is 5.41 Å². The van der Waals surface area contributed by atoms with Gasteiger partial charge in [-0.25, -0.2) is 0 Å². The largest absolute Gasteiger partial charge is 0.310 e. The maximum atomic E-state index is 2.51. The minimum absolute atomic E-state index is 0.0945. The average Bonchev–Trinajstić information content (AvgIpc) is 3.88. The molecule has 0 heterocycles. The van der Waals surface area contributed by atoms with E-state index < -0.39 is 0 Å². The third-order valence-corrected chi connectivity index (χ3v) is 12.5. The van der Waals surface area contributed by atoms with Crippen LogP contribution in [-0.2, 0) is 5.41 Å². The summed E-state index contributed by atoms with van der Waals surface area (Å²) in [5.74, 6) is 2.48. The van der Waals surface area contributed by atoms with Crippen LogP contribution in [0.25, 0.3) is 44.2 Å². The van der Waals surface area contributed by atoms with Gasteiger partial charge < -0.3 is 4.90 Å². The molecule has 0 aliphatic heterocycles. The number of hydrogen-bond donors (Lipinski definition) is 0. The van der Waals surface area contributed by atoms with Gasteiger partial charge in [-0.2, -0.15) is 0 Å². The Morgan fingerprint density at radius 3 is 1.88 bits per heavy atom. The standard InChI is InChI=1S/C50H43N/c1-50(2)46-19-11-18-42(44-29-33-20-21-39(44)28-33)49(46)43-27-26-41(32-47(43)50)51(40-24-22-35(23-25-40)34-12-5-3-6-13-34)48-31-38-17-10-9-16-37(38)30-45(48)36-14-7-4-8-15-36/h3-19,22-27,30-33,39,44H,20-21,28-29H2,1-2H3. The zero-order valence-electron chi connectivity index (χ0n) is 29.5. The molecule has 0 N–H and O–H groups in total. The molecule has 7 aromatic rings. The fourth-order valence-corrected chi connectivity index (χ4v) is 10.0. The van der Waals surface area contributed by atoms with Gasteiger partial charge in [0.15, 0.2) is 0 Å². The number of benzene rings is 7. The van der Waals surface area contributed by atoms with Crippen molar-refractivity contribution in [2.45, 2.75) is 50.9 Å². The van der Waals surface area contributed by atoms with Crippen molar-refractivity contribution in [3.05, 3.63) is 174 Å². The summed E-state index contributed by atoms with van der Waals surface area (Å²) in [6, 6.07) is 58.8. The smallest absolute Gasteiger partial charge is 0.0546 e. The topological polar surface area (TPSA) is 3.24 Å². The Morgan fingerprint density at radius 2 is 1.18 bits per heavy atom. The molecule has 3 atom stereocenters. The average molecular weight is 658 g/mol. The molecular formula is C50H43N.